The van der Waals surface area contributed by atoms with E-state index in [1.165, 1.54) is 11.1 Å². The van der Waals surface area contributed by atoms with Crippen LogP contribution in [0, 0.1) is 0 Å². The van der Waals surface area contributed by atoms with Gasteiger partial charge in [-0.15, -0.1) is 0 Å². The van der Waals surface area contributed by atoms with E-state index in [0.29, 0.717) is 6.04 Å². The monoisotopic (exact) mass is 285 g/mol. The van der Waals surface area contributed by atoms with Crippen molar-refractivity contribution in [2.45, 2.75) is 26.4 Å². The molecule has 0 aliphatic rings. The summed E-state index contributed by atoms with van der Waals surface area (Å²) >= 11 is 0. The van der Waals surface area contributed by atoms with Crippen molar-refractivity contribution in [1.82, 2.24) is 5.32 Å². The summed E-state index contributed by atoms with van der Waals surface area (Å²) in [6.45, 7) is 5.10. The first-order valence-electron chi connectivity index (χ1n) is 7.18. The van der Waals surface area contributed by atoms with Crippen LogP contribution in [-0.4, -0.2) is 20.3 Å². The number of methoxy groups -OCH3 is 2. The lowest BCUT2D eigenvalue weighted by Gasteiger charge is -2.15. The molecule has 0 saturated carbocycles. The summed E-state index contributed by atoms with van der Waals surface area (Å²) in [5.74, 6) is 1.74. The molecule has 3 heteroatoms. The van der Waals surface area contributed by atoms with Gasteiger partial charge in [-0.25, -0.2) is 0 Å². The first-order chi connectivity index (χ1) is 10.1. The minimum Gasteiger partial charge on any atom is -0.497 e. The van der Waals surface area contributed by atoms with Crippen molar-refractivity contribution in [3.63, 3.8) is 0 Å². The Kier molecular flexibility index (Phi) is 5.23. The molecule has 1 N–H and O–H groups in total. The Labute approximate surface area is 126 Å². The molecule has 0 unspecified atom stereocenters. The molecule has 0 heterocycles. The molecule has 21 heavy (non-hydrogen) atoms. The van der Waals surface area contributed by atoms with Crippen molar-refractivity contribution in [1.29, 1.82) is 0 Å². The molecular weight excluding hydrogens is 262 g/mol. The molecule has 0 atom stereocenters. The van der Waals surface area contributed by atoms with Crippen molar-refractivity contribution in [3.05, 3.63) is 48.0 Å². The molecule has 0 aliphatic carbocycles. The Morgan fingerprint density at radius 1 is 0.952 bits per heavy atom. The highest BCUT2D eigenvalue weighted by Crippen LogP contribution is 2.29. The zero-order valence-electron chi connectivity index (χ0n) is 13.1. The van der Waals surface area contributed by atoms with Gasteiger partial charge >= 0.3 is 0 Å². The summed E-state index contributed by atoms with van der Waals surface area (Å²) in [7, 11) is 3.38. The third-order valence-electron chi connectivity index (χ3n) is 3.39. The average molecular weight is 285 g/mol. The summed E-state index contributed by atoms with van der Waals surface area (Å²) in [5.41, 5.74) is 3.57. The second-order valence-electron chi connectivity index (χ2n) is 5.29. The Hall–Kier alpha value is -2.00. The van der Waals surface area contributed by atoms with Crippen LogP contribution in [0.1, 0.15) is 19.4 Å². The number of rotatable bonds is 6. The molecule has 2 aromatic rings. The van der Waals surface area contributed by atoms with Gasteiger partial charge in [0.2, 0.25) is 0 Å². The third-order valence-corrected chi connectivity index (χ3v) is 3.39. The fourth-order valence-corrected chi connectivity index (χ4v) is 2.23. The van der Waals surface area contributed by atoms with Crippen LogP contribution in [0.15, 0.2) is 42.5 Å². The van der Waals surface area contributed by atoms with Crippen LogP contribution in [-0.2, 0) is 6.54 Å². The van der Waals surface area contributed by atoms with E-state index in [0.717, 1.165) is 23.6 Å². The number of hydrogen-bond donors (Lipinski definition) is 1. The van der Waals surface area contributed by atoms with Gasteiger partial charge in [0.25, 0.3) is 0 Å². The third kappa shape index (κ3) is 3.99. The first-order valence-corrected chi connectivity index (χ1v) is 7.18. The molecule has 2 rings (SSSR count). The number of hydrogen-bond acceptors (Lipinski definition) is 3. The van der Waals surface area contributed by atoms with E-state index in [-0.39, 0.29) is 0 Å². The van der Waals surface area contributed by atoms with Gasteiger partial charge in [-0.2, -0.15) is 0 Å². The second kappa shape index (κ2) is 7.14. The van der Waals surface area contributed by atoms with Crippen LogP contribution in [0.4, 0.5) is 0 Å². The minimum absolute atomic E-state index is 0.439. The zero-order chi connectivity index (χ0) is 15.2. The Morgan fingerprint density at radius 3 is 2.33 bits per heavy atom. The normalized spacial score (nSPS) is 10.7. The van der Waals surface area contributed by atoms with E-state index in [2.05, 4.69) is 43.4 Å². The molecule has 0 spiro atoms. The van der Waals surface area contributed by atoms with Crippen LogP contribution in [0.3, 0.4) is 0 Å². The van der Waals surface area contributed by atoms with Crippen LogP contribution < -0.4 is 14.8 Å². The van der Waals surface area contributed by atoms with Crippen molar-refractivity contribution < 1.29 is 9.47 Å². The van der Waals surface area contributed by atoms with Crippen molar-refractivity contribution in [2.24, 2.45) is 0 Å². The van der Waals surface area contributed by atoms with Gasteiger partial charge in [0, 0.05) is 12.6 Å². The maximum absolute atomic E-state index is 5.34. The zero-order valence-corrected chi connectivity index (χ0v) is 13.1. The number of benzene rings is 2. The maximum Gasteiger partial charge on any atom is 0.119 e. The first kappa shape index (κ1) is 15.4. The molecule has 0 fully saturated rings. The highest BCUT2D eigenvalue weighted by atomic mass is 16.5. The smallest absolute Gasteiger partial charge is 0.119 e. The molecule has 2 aromatic carbocycles. The van der Waals surface area contributed by atoms with Gasteiger partial charge in [0.1, 0.15) is 11.5 Å². The highest BCUT2D eigenvalue weighted by Gasteiger charge is 2.08. The van der Waals surface area contributed by atoms with Gasteiger partial charge in [-0.1, -0.05) is 32.0 Å². The summed E-state index contributed by atoms with van der Waals surface area (Å²) in [5, 5.41) is 3.47. The summed E-state index contributed by atoms with van der Waals surface area (Å²) < 4.78 is 10.7. The molecule has 112 valence electrons. The van der Waals surface area contributed by atoms with Crippen molar-refractivity contribution in [2.75, 3.05) is 14.2 Å². The van der Waals surface area contributed by atoms with Gasteiger partial charge in [0.05, 0.1) is 14.2 Å². The fourth-order valence-electron chi connectivity index (χ4n) is 2.23. The summed E-state index contributed by atoms with van der Waals surface area (Å²) in [6.07, 6.45) is 0. The van der Waals surface area contributed by atoms with Crippen LogP contribution in [0.2, 0.25) is 0 Å². The lowest BCUT2D eigenvalue weighted by Crippen LogP contribution is -2.22. The molecule has 0 bridgehead atoms. The summed E-state index contributed by atoms with van der Waals surface area (Å²) in [4.78, 5) is 0. The SMILES string of the molecule is COc1cccc(-c2ccc(OC)cc2CNC(C)C)c1. The fraction of sp³-hybridized carbons (Fsp3) is 0.333. The molecular formula is C18H23NO2. The van der Waals surface area contributed by atoms with E-state index < -0.39 is 0 Å². The Morgan fingerprint density at radius 2 is 1.67 bits per heavy atom. The average Bonchev–Trinajstić information content (AvgIpc) is 2.52. The molecule has 0 aromatic heterocycles. The molecule has 0 radical (unpaired) electrons. The van der Waals surface area contributed by atoms with Crippen LogP contribution in [0.25, 0.3) is 11.1 Å². The molecule has 0 aliphatic heterocycles. The van der Waals surface area contributed by atoms with Gasteiger partial charge in [-0.05, 0) is 41.0 Å². The Balaban J connectivity index is 2.40. The van der Waals surface area contributed by atoms with Crippen LogP contribution in [0.5, 0.6) is 11.5 Å². The van der Waals surface area contributed by atoms with Gasteiger partial charge < -0.3 is 14.8 Å². The predicted molar refractivity (Wildman–Crippen MR) is 87.0 cm³/mol. The van der Waals surface area contributed by atoms with Crippen molar-refractivity contribution in [3.8, 4) is 22.6 Å². The lowest BCUT2D eigenvalue weighted by molar-refractivity contribution is 0.414. The van der Waals surface area contributed by atoms with E-state index in [9.17, 15) is 0 Å². The van der Waals surface area contributed by atoms with Gasteiger partial charge in [0.15, 0.2) is 0 Å². The largest absolute Gasteiger partial charge is 0.497 e. The van der Waals surface area contributed by atoms with E-state index in [4.69, 9.17) is 9.47 Å². The molecule has 0 amide bonds. The van der Waals surface area contributed by atoms with Crippen molar-refractivity contribution >= 4 is 0 Å². The van der Waals surface area contributed by atoms with Gasteiger partial charge in [-0.3, -0.25) is 0 Å². The quantitative estimate of drug-likeness (QED) is 0.874. The van der Waals surface area contributed by atoms with Crippen LogP contribution >= 0.6 is 0 Å². The Bertz CT molecular complexity index is 594. The number of nitrogens with one attached hydrogen (secondary N) is 1. The maximum atomic E-state index is 5.34. The topological polar surface area (TPSA) is 30.5 Å². The summed E-state index contributed by atoms with van der Waals surface area (Å²) in [6, 6.07) is 14.7. The molecule has 0 saturated heterocycles. The number of ether oxygens (including phenoxy) is 2. The van der Waals surface area contributed by atoms with E-state index in [1.54, 1.807) is 14.2 Å². The second-order valence-corrected chi connectivity index (χ2v) is 5.29. The minimum atomic E-state index is 0.439. The standard InChI is InChI=1S/C18H23NO2/c1-13(2)19-12-15-11-17(21-4)8-9-18(15)14-6-5-7-16(10-14)20-3/h5-11,13,19H,12H2,1-4H3. The molecule has 3 nitrogen and oxygen atoms in total. The lowest BCUT2D eigenvalue weighted by atomic mass is 9.99. The highest BCUT2D eigenvalue weighted by molar-refractivity contribution is 5.69. The predicted octanol–water partition coefficient (Wildman–Crippen LogP) is 3.87. The van der Waals surface area contributed by atoms with E-state index >= 15 is 0 Å². The van der Waals surface area contributed by atoms with E-state index in [1.807, 2.05) is 18.2 Å².